The number of hydrogen-bond donors (Lipinski definition) is 2. The molecule has 2 rings (SSSR count). The molecule has 2 atom stereocenters. The van der Waals surface area contributed by atoms with Crippen molar-refractivity contribution in [3.63, 3.8) is 0 Å². The van der Waals surface area contributed by atoms with Crippen LogP contribution in [-0.4, -0.2) is 78.3 Å². The summed E-state index contributed by atoms with van der Waals surface area (Å²) in [5, 5.41) is 5.31. The minimum atomic E-state index is -4.32. The zero-order valence-electron chi connectivity index (χ0n) is 11.6. The lowest BCUT2D eigenvalue weighted by atomic mass is 10.2. The van der Waals surface area contributed by atoms with Gasteiger partial charge in [-0.05, 0) is 0 Å². The average molecular weight is 343 g/mol. The number of rotatable bonds is 4. The molecule has 1 amide bonds. The molecule has 2 heterocycles. The van der Waals surface area contributed by atoms with E-state index in [1.165, 1.54) is 16.7 Å². The van der Waals surface area contributed by atoms with Crippen LogP contribution in [0.4, 0.5) is 13.2 Å². The molecule has 0 radical (unpaired) electrons. The molecule has 0 aromatic rings. The van der Waals surface area contributed by atoms with E-state index in [0.717, 1.165) is 11.5 Å². The van der Waals surface area contributed by atoms with Gasteiger partial charge in [0.05, 0.1) is 5.25 Å². The van der Waals surface area contributed by atoms with Crippen molar-refractivity contribution in [2.24, 2.45) is 0 Å². The molecule has 2 aliphatic rings. The first-order valence-corrected chi connectivity index (χ1v) is 9.17. The molecular formula is C12H20F3N3OS2. The fourth-order valence-corrected chi connectivity index (χ4v) is 4.98. The van der Waals surface area contributed by atoms with Gasteiger partial charge < -0.3 is 10.6 Å². The van der Waals surface area contributed by atoms with Gasteiger partial charge in [0.1, 0.15) is 6.04 Å². The molecule has 2 aliphatic heterocycles. The standard InChI is InChI=1S/C12H20F3N3OS2/c13-12(14,15)10(18-3-1-16-2-4-18)7-17-11(19)9-8-20-5-6-21-9/h9-10,16H,1-8H2,(H,17,19). The Balaban J connectivity index is 1.87. The average Bonchev–Trinajstić information content (AvgIpc) is 2.48. The largest absolute Gasteiger partial charge is 0.405 e. The van der Waals surface area contributed by atoms with Crippen LogP contribution in [0, 0.1) is 0 Å². The van der Waals surface area contributed by atoms with E-state index >= 15 is 0 Å². The summed E-state index contributed by atoms with van der Waals surface area (Å²) < 4.78 is 39.5. The lowest BCUT2D eigenvalue weighted by Crippen LogP contribution is -2.58. The smallest absolute Gasteiger partial charge is 0.353 e. The number of hydrogen-bond acceptors (Lipinski definition) is 5. The van der Waals surface area contributed by atoms with Crippen molar-refractivity contribution in [1.82, 2.24) is 15.5 Å². The maximum Gasteiger partial charge on any atom is 0.405 e. The molecule has 0 bridgehead atoms. The SMILES string of the molecule is O=C(NCC(N1CCNCC1)C(F)(F)F)C1CSCCS1. The highest BCUT2D eigenvalue weighted by Gasteiger charge is 2.44. The highest BCUT2D eigenvalue weighted by molar-refractivity contribution is 8.07. The summed E-state index contributed by atoms with van der Waals surface area (Å²) in [5.74, 6) is 2.29. The number of halogens is 3. The molecule has 21 heavy (non-hydrogen) atoms. The highest BCUT2D eigenvalue weighted by atomic mass is 32.2. The molecule has 4 nitrogen and oxygen atoms in total. The van der Waals surface area contributed by atoms with Gasteiger partial charge in [0.15, 0.2) is 0 Å². The van der Waals surface area contributed by atoms with Crippen molar-refractivity contribution in [1.29, 1.82) is 0 Å². The van der Waals surface area contributed by atoms with Crippen molar-refractivity contribution >= 4 is 29.4 Å². The van der Waals surface area contributed by atoms with Crippen LogP contribution >= 0.6 is 23.5 Å². The summed E-state index contributed by atoms with van der Waals surface area (Å²) in [6.45, 7) is 1.46. The minimum absolute atomic E-state index is 0.222. The number of nitrogens with zero attached hydrogens (tertiary/aromatic N) is 1. The van der Waals surface area contributed by atoms with E-state index in [0.29, 0.717) is 31.9 Å². The zero-order valence-corrected chi connectivity index (χ0v) is 13.3. The van der Waals surface area contributed by atoms with Crippen LogP contribution in [-0.2, 0) is 4.79 Å². The van der Waals surface area contributed by atoms with Gasteiger partial charge >= 0.3 is 6.18 Å². The molecule has 122 valence electrons. The molecule has 2 saturated heterocycles. The minimum Gasteiger partial charge on any atom is -0.353 e. The second-order valence-electron chi connectivity index (χ2n) is 5.02. The van der Waals surface area contributed by atoms with E-state index in [1.54, 1.807) is 11.8 Å². The lowest BCUT2D eigenvalue weighted by molar-refractivity contribution is -0.184. The molecule has 0 spiro atoms. The second-order valence-corrected chi connectivity index (χ2v) is 7.48. The summed E-state index contributed by atoms with van der Waals surface area (Å²) in [7, 11) is 0. The van der Waals surface area contributed by atoms with Crippen molar-refractivity contribution in [2.75, 3.05) is 50.0 Å². The predicted octanol–water partition coefficient (Wildman–Crippen LogP) is 0.787. The van der Waals surface area contributed by atoms with Gasteiger partial charge in [0.2, 0.25) is 5.91 Å². The van der Waals surface area contributed by atoms with Gasteiger partial charge in [-0.3, -0.25) is 9.69 Å². The fourth-order valence-electron chi connectivity index (χ4n) is 2.40. The van der Waals surface area contributed by atoms with E-state index < -0.39 is 12.2 Å². The number of amides is 1. The molecular weight excluding hydrogens is 323 g/mol. The summed E-state index contributed by atoms with van der Waals surface area (Å²) in [5.41, 5.74) is 0. The molecule has 0 saturated carbocycles. The second kappa shape index (κ2) is 7.94. The zero-order chi connectivity index (χ0) is 15.3. The molecule has 2 N–H and O–H groups in total. The number of nitrogens with one attached hydrogen (secondary N) is 2. The Bertz CT molecular complexity index is 345. The summed E-state index contributed by atoms with van der Waals surface area (Å²) >= 11 is 3.20. The van der Waals surface area contributed by atoms with Gasteiger partial charge in [-0.15, -0.1) is 11.8 Å². The van der Waals surface area contributed by atoms with Gasteiger partial charge in [0, 0.05) is 50.0 Å². The third-order valence-electron chi connectivity index (χ3n) is 3.55. The Morgan fingerprint density at radius 2 is 2.05 bits per heavy atom. The third-order valence-corrected chi connectivity index (χ3v) is 6.30. The van der Waals surface area contributed by atoms with Crippen LogP contribution in [0.5, 0.6) is 0 Å². The Hall–Kier alpha value is -0.120. The monoisotopic (exact) mass is 343 g/mol. The molecule has 9 heteroatoms. The quantitative estimate of drug-likeness (QED) is 0.790. The Labute approximate surface area is 131 Å². The van der Waals surface area contributed by atoms with Crippen molar-refractivity contribution in [2.45, 2.75) is 17.5 Å². The van der Waals surface area contributed by atoms with Crippen LogP contribution in [0.3, 0.4) is 0 Å². The third kappa shape index (κ3) is 5.22. The van der Waals surface area contributed by atoms with E-state index in [-0.39, 0.29) is 17.7 Å². The van der Waals surface area contributed by atoms with Gasteiger partial charge in [-0.25, -0.2) is 0 Å². The van der Waals surface area contributed by atoms with Crippen LogP contribution in [0.15, 0.2) is 0 Å². The first-order chi connectivity index (χ1) is 9.98. The maximum absolute atomic E-state index is 13.2. The van der Waals surface area contributed by atoms with Gasteiger partial charge in [0.25, 0.3) is 0 Å². The van der Waals surface area contributed by atoms with E-state index in [9.17, 15) is 18.0 Å². The topological polar surface area (TPSA) is 44.4 Å². The Kier molecular flexibility index (Phi) is 6.51. The van der Waals surface area contributed by atoms with Crippen LogP contribution in [0.25, 0.3) is 0 Å². The highest BCUT2D eigenvalue weighted by Crippen LogP contribution is 2.26. The predicted molar refractivity (Wildman–Crippen MR) is 80.9 cm³/mol. The molecule has 0 aromatic heterocycles. The fraction of sp³-hybridized carbons (Fsp3) is 0.917. The number of alkyl halides is 3. The number of carbonyl (C=O) groups excluding carboxylic acids is 1. The number of carbonyl (C=O) groups is 1. The summed E-state index contributed by atoms with van der Waals surface area (Å²) in [6.07, 6.45) is -4.32. The number of piperazine rings is 1. The Morgan fingerprint density at radius 1 is 1.33 bits per heavy atom. The van der Waals surface area contributed by atoms with Gasteiger partial charge in [-0.1, -0.05) is 0 Å². The molecule has 0 aliphatic carbocycles. The molecule has 2 fully saturated rings. The first-order valence-electron chi connectivity index (χ1n) is 6.97. The normalized spacial score (nSPS) is 26.3. The lowest BCUT2D eigenvalue weighted by Gasteiger charge is -2.36. The molecule has 0 aromatic carbocycles. The Morgan fingerprint density at radius 3 is 2.62 bits per heavy atom. The van der Waals surface area contributed by atoms with Crippen molar-refractivity contribution < 1.29 is 18.0 Å². The summed E-state index contributed by atoms with van der Waals surface area (Å²) in [6, 6.07) is -1.59. The van der Waals surface area contributed by atoms with Crippen LogP contribution in [0.2, 0.25) is 0 Å². The molecule has 2 unspecified atom stereocenters. The van der Waals surface area contributed by atoms with Crippen molar-refractivity contribution in [3.05, 3.63) is 0 Å². The van der Waals surface area contributed by atoms with E-state index in [4.69, 9.17) is 0 Å². The maximum atomic E-state index is 13.2. The van der Waals surface area contributed by atoms with Gasteiger partial charge in [-0.2, -0.15) is 24.9 Å². The number of thioether (sulfide) groups is 2. The van der Waals surface area contributed by atoms with Crippen LogP contribution < -0.4 is 10.6 Å². The van der Waals surface area contributed by atoms with E-state index in [1.807, 2.05) is 0 Å². The van der Waals surface area contributed by atoms with Crippen molar-refractivity contribution in [3.8, 4) is 0 Å². The first kappa shape index (κ1) is 17.2. The van der Waals surface area contributed by atoms with Crippen LogP contribution in [0.1, 0.15) is 0 Å². The summed E-state index contributed by atoms with van der Waals surface area (Å²) in [4.78, 5) is 13.4. The van der Waals surface area contributed by atoms with E-state index in [2.05, 4.69) is 10.6 Å².